The second-order valence-corrected chi connectivity index (χ2v) is 6.32. The Balaban J connectivity index is 2.05. The van der Waals surface area contributed by atoms with Gasteiger partial charge in [-0.15, -0.1) is 11.8 Å². The third-order valence-electron chi connectivity index (χ3n) is 3.42. The van der Waals surface area contributed by atoms with E-state index in [4.69, 9.17) is 21.1 Å². The van der Waals surface area contributed by atoms with Crippen LogP contribution < -0.4 is 14.9 Å². The monoisotopic (exact) mass is 378 g/mol. The van der Waals surface area contributed by atoms with Gasteiger partial charge >= 0.3 is 0 Å². The van der Waals surface area contributed by atoms with Crippen molar-refractivity contribution in [3.63, 3.8) is 0 Å². The highest BCUT2D eigenvalue weighted by Gasteiger charge is 2.08. The molecule has 0 fully saturated rings. The maximum atomic E-state index is 12.1. The predicted octanol–water partition coefficient (Wildman–Crippen LogP) is 3.77. The first kappa shape index (κ1) is 19.1. The molecule has 0 heterocycles. The van der Waals surface area contributed by atoms with E-state index in [1.54, 1.807) is 50.2 Å². The highest BCUT2D eigenvalue weighted by molar-refractivity contribution is 7.98. The van der Waals surface area contributed by atoms with Gasteiger partial charge in [-0.25, -0.2) is 5.43 Å². The van der Waals surface area contributed by atoms with Crippen molar-refractivity contribution in [2.24, 2.45) is 5.10 Å². The lowest BCUT2D eigenvalue weighted by Crippen LogP contribution is -2.20. The van der Waals surface area contributed by atoms with E-state index in [0.717, 1.165) is 10.5 Å². The number of carbonyl (C=O) groups excluding carboxylic acids is 1. The number of ether oxygens (including phenoxy) is 2. The van der Waals surface area contributed by atoms with Gasteiger partial charge in [0.1, 0.15) is 11.5 Å². The molecule has 0 unspecified atom stereocenters. The Hall–Kier alpha value is -2.18. The topological polar surface area (TPSA) is 59.9 Å². The molecule has 2 rings (SSSR count). The number of methoxy groups -OCH3 is 2. The molecular weight excluding hydrogens is 360 g/mol. The molecule has 0 spiro atoms. The molecule has 132 valence electrons. The Morgan fingerprint density at radius 2 is 2.04 bits per heavy atom. The molecule has 2 aromatic rings. The zero-order valence-corrected chi connectivity index (χ0v) is 15.8. The molecule has 0 bridgehead atoms. The van der Waals surface area contributed by atoms with Gasteiger partial charge in [0.15, 0.2) is 0 Å². The fraction of sp³-hybridized carbons (Fsp3) is 0.222. The number of amides is 1. The summed E-state index contributed by atoms with van der Waals surface area (Å²) in [6, 6.07) is 10.8. The molecule has 1 N–H and O–H groups in total. The van der Waals surface area contributed by atoms with Gasteiger partial charge in [-0.1, -0.05) is 11.6 Å². The number of hydrogen-bond donors (Lipinski definition) is 1. The van der Waals surface area contributed by atoms with Crippen molar-refractivity contribution < 1.29 is 14.3 Å². The summed E-state index contributed by atoms with van der Waals surface area (Å²) in [5.74, 6) is 1.09. The van der Waals surface area contributed by atoms with Gasteiger partial charge in [0.05, 0.1) is 26.9 Å². The Labute approximate surface area is 156 Å². The standard InChI is InChI=1S/C18H19ClN2O3S/c1-23-15-5-6-16(24-2)13(9-15)11-20-21-18(22)10-12-8-14(19)4-7-17(12)25-3/h4-9,11H,10H2,1-3H3,(H,21,22)/b20-11-. The fourth-order valence-electron chi connectivity index (χ4n) is 2.21. The molecule has 5 nitrogen and oxygen atoms in total. The van der Waals surface area contributed by atoms with E-state index in [9.17, 15) is 4.79 Å². The van der Waals surface area contributed by atoms with Crippen molar-refractivity contribution in [3.8, 4) is 11.5 Å². The van der Waals surface area contributed by atoms with Gasteiger partial charge in [0.2, 0.25) is 5.91 Å². The van der Waals surface area contributed by atoms with E-state index in [-0.39, 0.29) is 12.3 Å². The normalized spacial score (nSPS) is 10.7. The summed E-state index contributed by atoms with van der Waals surface area (Å²) in [4.78, 5) is 13.1. The molecule has 25 heavy (non-hydrogen) atoms. The molecule has 2 aromatic carbocycles. The number of halogens is 1. The Kier molecular flexibility index (Phi) is 7.16. The van der Waals surface area contributed by atoms with Crippen LogP contribution in [0.2, 0.25) is 5.02 Å². The van der Waals surface area contributed by atoms with Gasteiger partial charge in [-0.3, -0.25) is 4.79 Å². The Bertz CT molecular complexity index is 781. The van der Waals surface area contributed by atoms with Crippen molar-refractivity contribution in [1.29, 1.82) is 0 Å². The first-order valence-electron chi connectivity index (χ1n) is 7.43. The third kappa shape index (κ3) is 5.41. The summed E-state index contributed by atoms with van der Waals surface area (Å²) in [6.45, 7) is 0. The van der Waals surface area contributed by atoms with E-state index >= 15 is 0 Å². The molecule has 0 aliphatic rings. The van der Waals surface area contributed by atoms with Crippen LogP contribution in [0.4, 0.5) is 0 Å². The maximum absolute atomic E-state index is 12.1. The molecule has 7 heteroatoms. The van der Waals surface area contributed by atoms with Crippen molar-refractivity contribution in [3.05, 3.63) is 52.5 Å². The number of nitrogens with zero attached hydrogens (tertiary/aromatic N) is 1. The third-order valence-corrected chi connectivity index (χ3v) is 4.50. The number of rotatable bonds is 7. The van der Waals surface area contributed by atoms with E-state index in [0.29, 0.717) is 22.1 Å². The number of benzene rings is 2. The van der Waals surface area contributed by atoms with Crippen LogP contribution in [0.1, 0.15) is 11.1 Å². The maximum Gasteiger partial charge on any atom is 0.244 e. The van der Waals surface area contributed by atoms with Crippen molar-refractivity contribution in [2.45, 2.75) is 11.3 Å². The largest absolute Gasteiger partial charge is 0.497 e. The van der Waals surface area contributed by atoms with Crippen LogP contribution in [0.3, 0.4) is 0 Å². The van der Waals surface area contributed by atoms with Gasteiger partial charge in [0, 0.05) is 15.5 Å². The summed E-state index contributed by atoms with van der Waals surface area (Å²) in [5, 5.41) is 4.60. The summed E-state index contributed by atoms with van der Waals surface area (Å²) in [7, 11) is 3.15. The molecular formula is C18H19ClN2O3S. The van der Waals surface area contributed by atoms with E-state index in [2.05, 4.69) is 10.5 Å². The molecule has 0 radical (unpaired) electrons. The molecule has 0 saturated carbocycles. The number of hydrazone groups is 1. The zero-order chi connectivity index (χ0) is 18.2. The number of thioether (sulfide) groups is 1. The molecule has 0 atom stereocenters. The van der Waals surface area contributed by atoms with Crippen LogP contribution in [0.15, 0.2) is 46.4 Å². The molecule has 0 aromatic heterocycles. The van der Waals surface area contributed by atoms with Crippen LogP contribution in [0, 0.1) is 0 Å². The average Bonchev–Trinajstić information content (AvgIpc) is 2.61. The summed E-state index contributed by atoms with van der Waals surface area (Å²) in [5.41, 5.74) is 4.09. The average molecular weight is 379 g/mol. The van der Waals surface area contributed by atoms with Gasteiger partial charge < -0.3 is 9.47 Å². The van der Waals surface area contributed by atoms with Gasteiger partial charge in [-0.2, -0.15) is 5.10 Å². The highest BCUT2D eigenvalue weighted by atomic mass is 35.5. The molecule has 0 aliphatic heterocycles. The number of nitrogens with one attached hydrogen (secondary N) is 1. The van der Waals surface area contributed by atoms with E-state index in [1.807, 2.05) is 18.4 Å². The van der Waals surface area contributed by atoms with Gasteiger partial charge in [0.25, 0.3) is 0 Å². The van der Waals surface area contributed by atoms with Crippen molar-refractivity contribution in [2.75, 3.05) is 20.5 Å². The minimum atomic E-state index is -0.226. The van der Waals surface area contributed by atoms with Crippen molar-refractivity contribution >= 4 is 35.5 Å². The van der Waals surface area contributed by atoms with E-state index in [1.165, 1.54) is 6.21 Å². The molecule has 1 amide bonds. The smallest absolute Gasteiger partial charge is 0.244 e. The quantitative estimate of drug-likeness (QED) is 0.452. The van der Waals surface area contributed by atoms with Crippen LogP contribution in [-0.2, 0) is 11.2 Å². The van der Waals surface area contributed by atoms with Crippen molar-refractivity contribution in [1.82, 2.24) is 5.43 Å². The van der Waals surface area contributed by atoms with E-state index < -0.39 is 0 Å². The molecule has 0 aliphatic carbocycles. The summed E-state index contributed by atoms with van der Waals surface area (Å²) < 4.78 is 10.4. The first-order chi connectivity index (χ1) is 12.1. The Morgan fingerprint density at radius 3 is 2.72 bits per heavy atom. The first-order valence-corrected chi connectivity index (χ1v) is 9.04. The van der Waals surface area contributed by atoms with Gasteiger partial charge in [-0.05, 0) is 48.2 Å². The van der Waals surface area contributed by atoms with Crippen LogP contribution in [-0.4, -0.2) is 32.6 Å². The minimum Gasteiger partial charge on any atom is -0.497 e. The molecule has 0 saturated heterocycles. The summed E-state index contributed by atoms with van der Waals surface area (Å²) >= 11 is 7.58. The predicted molar refractivity (Wildman–Crippen MR) is 102 cm³/mol. The summed E-state index contributed by atoms with van der Waals surface area (Å²) in [6.07, 6.45) is 3.67. The lowest BCUT2D eigenvalue weighted by Gasteiger charge is -2.08. The lowest BCUT2D eigenvalue weighted by atomic mass is 10.1. The van der Waals surface area contributed by atoms with Crippen LogP contribution in [0.25, 0.3) is 0 Å². The highest BCUT2D eigenvalue weighted by Crippen LogP contribution is 2.24. The van der Waals surface area contributed by atoms with Crippen LogP contribution in [0.5, 0.6) is 11.5 Å². The lowest BCUT2D eigenvalue weighted by molar-refractivity contribution is -0.120. The fourth-order valence-corrected chi connectivity index (χ4v) is 3.00. The minimum absolute atomic E-state index is 0.198. The SMILES string of the molecule is COc1ccc(OC)c(/C=N\NC(=O)Cc2cc(Cl)ccc2SC)c1. The number of hydrogen-bond acceptors (Lipinski definition) is 5. The zero-order valence-electron chi connectivity index (χ0n) is 14.2. The number of carbonyl (C=O) groups is 1. The van der Waals surface area contributed by atoms with Crippen LogP contribution >= 0.6 is 23.4 Å². The second-order valence-electron chi connectivity index (χ2n) is 5.03. The second kappa shape index (κ2) is 9.34. The Morgan fingerprint density at radius 1 is 1.24 bits per heavy atom.